The standard InChI is InChI=1S/C8H4Br2N2O3S2/c9-4-1-3(6(10)17-4)7-11-12-8(15-7)16-2-5(13)14/h1H,2H2,(H,13,14). The van der Waals surface area contributed by atoms with Gasteiger partial charge >= 0.3 is 5.97 Å². The van der Waals surface area contributed by atoms with Crippen LogP contribution in [0.4, 0.5) is 0 Å². The highest BCUT2D eigenvalue weighted by Gasteiger charge is 2.15. The van der Waals surface area contributed by atoms with Crippen LogP contribution >= 0.6 is 55.0 Å². The highest BCUT2D eigenvalue weighted by molar-refractivity contribution is 9.12. The minimum absolute atomic E-state index is 0.101. The first-order valence-electron chi connectivity index (χ1n) is 4.19. The molecule has 0 saturated carbocycles. The quantitative estimate of drug-likeness (QED) is 0.793. The third-order valence-corrected chi connectivity index (χ3v) is 4.76. The van der Waals surface area contributed by atoms with Crippen molar-refractivity contribution in [1.82, 2.24) is 10.2 Å². The molecule has 0 aliphatic heterocycles. The molecule has 1 N–H and O–H groups in total. The lowest BCUT2D eigenvalue weighted by Gasteiger charge is -1.90. The maximum atomic E-state index is 10.4. The van der Waals surface area contributed by atoms with E-state index in [1.807, 2.05) is 6.07 Å². The molecule has 0 aliphatic carbocycles. The van der Waals surface area contributed by atoms with Gasteiger partial charge in [-0.1, -0.05) is 11.8 Å². The van der Waals surface area contributed by atoms with Crippen LogP contribution in [0, 0.1) is 0 Å². The monoisotopic (exact) mass is 398 g/mol. The van der Waals surface area contributed by atoms with Gasteiger partial charge in [-0.25, -0.2) is 0 Å². The van der Waals surface area contributed by atoms with Crippen LogP contribution in [-0.4, -0.2) is 27.0 Å². The highest BCUT2D eigenvalue weighted by atomic mass is 79.9. The Morgan fingerprint density at radius 2 is 2.29 bits per heavy atom. The van der Waals surface area contributed by atoms with Gasteiger partial charge in [0, 0.05) is 0 Å². The van der Waals surface area contributed by atoms with Crippen molar-refractivity contribution in [1.29, 1.82) is 0 Å². The number of thioether (sulfide) groups is 1. The van der Waals surface area contributed by atoms with Gasteiger partial charge in [-0.15, -0.1) is 21.5 Å². The second kappa shape index (κ2) is 5.51. The molecule has 0 bridgehead atoms. The Kier molecular flexibility index (Phi) is 4.23. The molecule has 0 aliphatic rings. The molecule has 0 radical (unpaired) electrons. The van der Waals surface area contributed by atoms with Gasteiger partial charge < -0.3 is 9.52 Å². The number of thiophene rings is 1. The third kappa shape index (κ3) is 3.30. The average molecular weight is 400 g/mol. The van der Waals surface area contributed by atoms with E-state index in [0.717, 1.165) is 24.9 Å². The van der Waals surface area contributed by atoms with Crippen molar-refractivity contribution >= 4 is 60.9 Å². The smallest absolute Gasteiger partial charge is 0.314 e. The van der Waals surface area contributed by atoms with E-state index in [0.29, 0.717) is 5.89 Å². The van der Waals surface area contributed by atoms with E-state index in [2.05, 4.69) is 42.1 Å². The number of hydrogen-bond acceptors (Lipinski definition) is 6. The van der Waals surface area contributed by atoms with Crippen molar-refractivity contribution in [2.45, 2.75) is 5.22 Å². The van der Waals surface area contributed by atoms with Crippen LogP contribution in [0.5, 0.6) is 0 Å². The molecule has 2 aromatic heterocycles. The maximum absolute atomic E-state index is 10.4. The lowest BCUT2D eigenvalue weighted by Crippen LogP contribution is -1.97. The predicted octanol–water partition coefficient (Wildman–Crippen LogP) is 3.50. The van der Waals surface area contributed by atoms with Crippen LogP contribution in [-0.2, 0) is 4.79 Å². The van der Waals surface area contributed by atoms with Gasteiger partial charge in [-0.2, -0.15) is 0 Å². The first-order valence-corrected chi connectivity index (χ1v) is 7.58. The molecule has 0 atom stereocenters. The highest BCUT2D eigenvalue weighted by Crippen LogP contribution is 2.38. The first kappa shape index (κ1) is 13.1. The SMILES string of the molecule is O=C(O)CSc1nnc(-c2cc(Br)sc2Br)o1. The molecule has 0 saturated heterocycles. The molecule has 2 aromatic rings. The summed E-state index contributed by atoms with van der Waals surface area (Å²) >= 11 is 9.23. The van der Waals surface area contributed by atoms with Crippen molar-refractivity contribution in [3.05, 3.63) is 13.6 Å². The van der Waals surface area contributed by atoms with Crippen LogP contribution in [0.3, 0.4) is 0 Å². The minimum Gasteiger partial charge on any atom is -0.481 e. The van der Waals surface area contributed by atoms with Crippen molar-refractivity contribution in [2.75, 3.05) is 5.75 Å². The van der Waals surface area contributed by atoms with E-state index in [1.54, 1.807) is 0 Å². The summed E-state index contributed by atoms with van der Waals surface area (Å²) in [6.07, 6.45) is 0. The molecule has 0 fully saturated rings. The van der Waals surface area contributed by atoms with Gasteiger partial charge in [0.15, 0.2) is 0 Å². The van der Waals surface area contributed by atoms with E-state index in [9.17, 15) is 4.79 Å². The lowest BCUT2D eigenvalue weighted by molar-refractivity contribution is -0.133. The largest absolute Gasteiger partial charge is 0.481 e. The first-order chi connectivity index (χ1) is 8.06. The predicted molar refractivity (Wildman–Crippen MR) is 71.4 cm³/mol. The van der Waals surface area contributed by atoms with Crippen LogP contribution in [0.15, 0.2) is 23.3 Å². The van der Waals surface area contributed by atoms with E-state index in [-0.39, 0.29) is 11.0 Å². The van der Waals surface area contributed by atoms with Crippen LogP contribution in [0.2, 0.25) is 0 Å². The second-order valence-corrected chi connectivity index (χ2v) is 7.47. The molecule has 0 amide bonds. The van der Waals surface area contributed by atoms with Crippen LogP contribution < -0.4 is 0 Å². The number of carboxylic acids is 1. The average Bonchev–Trinajstić information content (AvgIpc) is 2.82. The molecule has 2 rings (SSSR count). The van der Waals surface area contributed by atoms with E-state index < -0.39 is 5.97 Å². The zero-order valence-corrected chi connectivity index (χ0v) is 12.8. The summed E-state index contributed by atoms with van der Waals surface area (Å²) in [6, 6.07) is 1.86. The van der Waals surface area contributed by atoms with Crippen LogP contribution in [0.25, 0.3) is 11.5 Å². The molecule has 0 unspecified atom stereocenters. The molecular formula is C8H4Br2N2O3S2. The van der Waals surface area contributed by atoms with E-state index >= 15 is 0 Å². The third-order valence-electron chi connectivity index (χ3n) is 1.61. The fourth-order valence-electron chi connectivity index (χ4n) is 0.986. The lowest BCUT2D eigenvalue weighted by atomic mass is 10.3. The molecule has 0 spiro atoms. The minimum atomic E-state index is -0.922. The number of aliphatic carboxylic acids is 1. The van der Waals surface area contributed by atoms with Crippen molar-refractivity contribution < 1.29 is 14.3 Å². The van der Waals surface area contributed by atoms with Gasteiger partial charge in [0.1, 0.15) is 5.75 Å². The molecular weight excluding hydrogens is 396 g/mol. The maximum Gasteiger partial charge on any atom is 0.314 e. The Morgan fingerprint density at radius 3 is 2.88 bits per heavy atom. The normalized spacial score (nSPS) is 10.7. The summed E-state index contributed by atoms with van der Waals surface area (Å²) in [4.78, 5) is 10.4. The van der Waals surface area contributed by atoms with Gasteiger partial charge in [-0.05, 0) is 37.9 Å². The molecule has 9 heteroatoms. The molecule has 0 aromatic carbocycles. The van der Waals surface area contributed by atoms with Gasteiger partial charge in [-0.3, -0.25) is 4.79 Å². The van der Waals surface area contributed by atoms with E-state index in [4.69, 9.17) is 9.52 Å². The number of aromatic nitrogens is 2. The van der Waals surface area contributed by atoms with Gasteiger partial charge in [0.25, 0.3) is 11.1 Å². The summed E-state index contributed by atoms with van der Waals surface area (Å²) in [5.41, 5.74) is 0.788. The summed E-state index contributed by atoms with van der Waals surface area (Å²) in [5, 5.41) is 16.4. The molecule has 2 heterocycles. The van der Waals surface area contributed by atoms with Crippen molar-refractivity contribution in [3.8, 4) is 11.5 Å². The van der Waals surface area contributed by atoms with Gasteiger partial charge in [0.2, 0.25) is 0 Å². The number of carbonyl (C=O) groups is 1. The fraction of sp³-hybridized carbons (Fsp3) is 0.125. The summed E-state index contributed by atoms with van der Waals surface area (Å²) in [5.74, 6) is -0.656. The fourth-order valence-corrected chi connectivity index (χ4v) is 4.25. The summed E-state index contributed by atoms with van der Waals surface area (Å²) in [7, 11) is 0. The summed E-state index contributed by atoms with van der Waals surface area (Å²) in [6.45, 7) is 0. The van der Waals surface area contributed by atoms with Crippen LogP contribution in [0.1, 0.15) is 0 Å². The van der Waals surface area contributed by atoms with E-state index in [1.165, 1.54) is 11.3 Å². The second-order valence-electron chi connectivity index (χ2n) is 2.79. The zero-order chi connectivity index (χ0) is 12.4. The Labute approximate surface area is 121 Å². The molecule has 90 valence electrons. The Hall–Kier alpha value is -0.380. The number of nitrogens with zero attached hydrogens (tertiary/aromatic N) is 2. The Balaban J connectivity index is 2.18. The number of carboxylic acid groups (broad SMARTS) is 1. The number of halogens is 2. The van der Waals surface area contributed by atoms with Crippen molar-refractivity contribution in [3.63, 3.8) is 0 Å². The molecule has 5 nitrogen and oxygen atoms in total. The summed E-state index contributed by atoms with van der Waals surface area (Å²) < 4.78 is 7.17. The van der Waals surface area contributed by atoms with Gasteiger partial charge in [0.05, 0.1) is 13.1 Å². The molecule has 17 heavy (non-hydrogen) atoms. The number of hydrogen-bond donors (Lipinski definition) is 1. The number of rotatable bonds is 4. The van der Waals surface area contributed by atoms with Crippen molar-refractivity contribution in [2.24, 2.45) is 0 Å². The Morgan fingerprint density at radius 1 is 1.53 bits per heavy atom. The Bertz CT molecular complexity index is 555. The topological polar surface area (TPSA) is 76.2 Å². The zero-order valence-electron chi connectivity index (χ0n) is 8.02.